The lowest BCUT2D eigenvalue weighted by Gasteiger charge is -2.28. The normalized spacial score (nSPS) is 19.9. The van der Waals surface area contributed by atoms with Gasteiger partial charge in [0.2, 0.25) is 5.91 Å². The lowest BCUT2D eigenvalue weighted by molar-refractivity contribution is -0.121. The molecule has 0 spiro atoms. The number of anilines is 1. The monoisotopic (exact) mass is 268 g/mol. The number of likely N-dealkylation sites (tertiary alicyclic amines) is 1. The summed E-state index contributed by atoms with van der Waals surface area (Å²) in [7, 11) is 2.08. The Morgan fingerprint density at radius 2 is 2.00 bits per heavy atom. The number of nitrogens with zero attached hydrogens (tertiary/aromatic N) is 1. The van der Waals surface area contributed by atoms with E-state index in [1.165, 1.54) is 0 Å². The molecule has 0 bridgehead atoms. The third-order valence-corrected chi connectivity index (χ3v) is 4.04. The van der Waals surface area contributed by atoms with Crippen molar-refractivity contribution < 1.29 is 4.79 Å². The molecule has 1 saturated heterocycles. The number of hydrogen-bond acceptors (Lipinski definition) is 2. The van der Waals surface area contributed by atoms with E-state index in [0.29, 0.717) is 0 Å². The van der Waals surface area contributed by atoms with Crippen LogP contribution in [0.3, 0.4) is 0 Å². The molecule has 20 heavy (non-hydrogen) atoms. The van der Waals surface area contributed by atoms with Gasteiger partial charge in [0.25, 0.3) is 0 Å². The number of carbonyl (C=O) groups excluding carboxylic acids is 1. The minimum atomic E-state index is 0.104. The summed E-state index contributed by atoms with van der Waals surface area (Å²) in [5.41, 5.74) is 0.918. The van der Waals surface area contributed by atoms with Crippen molar-refractivity contribution in [3.8, 4) is 0 Å². The second-order valence-electron chi connectivity index (χ2n) is 5.62. The molecular formula is C17H20N2O. The highest BCUT2D eigenvalue weighted by molar-refractivity contribution is 6.02. The van der Waals surface area contributed by atoms with Gasteiger partial charge in [-0.3, -0.25) is 4.79 Å². The van der Waals surface area contributed by atoms with Crippen molar-refractivity contribution in [1.82, 2.24) is 4.90 Å². The molecule has 1 unspecified atom stereocenters. The van der Waals surface area contributed by atoms with E-state index < -0.39 is 0 Å². The third-order valence-electron chi connectivity index (χ3n) is 4.04. The number of amides is 1. The molecule has 3 nitrogen and oxygen atoms in total. The molecule has 2 aromatic carbocycles. The van der Waals surface area contributed by atoms with Crippen LogP contribution in [-0.2, 0) is 4.79 Å². The zero-order valence-corrected chi connectivity index (χ0v) is 11.8. The quantitative estimate of drug-likeness (QED) is 0.907. The van der Waals surface area contributed by atoms with Crippen LogP contribution in [0.25, 0.3) is 10.8 Å². The lowest BCUT2D eigenvalue weighted by atomic mass is 9.97. The fraction of sp³-hybridized carbons (Fsp3) is 0.353. The van der Waals surface area contributed by atoms with Crippen molar-refractivity contribution in [1.29, 1.82) is 0 Å². The first kappa shape index (κ1) is 13.1. The predicted molar refractivity (Wildman–Crippen MR) is 82.8 cm³/mol. The Labute approximate surface area is 119 Å². The van der Waals surface area contributed by atoms with E-state index in [2.05, 4.69) is 35.5 Å². The van der Waals surface area contributed by atoms with Crippen molar-refractivity contribution in [2.24, 2.45) is 5.92 Å². The van der Waals surface area contributed by atoms with E-state index in [1.807, 2.05) is 24.3 Å². The molecule has 3 heteroatoms. The zero-order valence-electron chi connectivity index (χ0n) is 11.8. The average molecular weight is 268 g/mol. The summed E-state index contributed by atoms with van der Waals surface area (Å²) in [6.45, 7) is 1.95. The van der Waals surface area contributed by atoms with Gasteiger partial charge in [0, 0.05) is 17.6 Å². The summed E-state index contributed by atoms with van der Waals surface area (Å²) in [5.74, 6) is 0.251. The smallest absolute Gasteiger partial charge is 0.228 e. The first-order valence-corrected chi connectivity index (χ1v) is 7.21. The van der Waals surface area contributed by atoms with Crippen molar-refractivity contribution in [2.75, 3.05) is 25.5 Å². The van der Waals surface area contributed by atoms with Crippen molar-refractivity contribution in [2.45, 2.75) is 12.8 Å². The van der Waals surface area contributed by atoms with Crippen LogP contribution in [0.2, 0.25) is 0 Å². The molecular weight excluding hydrogens is 248 g/mol. The van der Waals surface area contributed by atoms with Gasteiger partial charge < -0.3 is 10.2 Å². The maximum absolute atomic E-state index is 12.4. The minimum absolute atomic E-state index is 0.104. The number of benzene rings is 2. The summed E-state index contributed by atoms with van der Waals surface area (Å²) < 4.78 is 0. The Balaban J connectivity index is 1.80. The predicted octanol–water partition coefficient (Wildman–Crippen LogP) is 3.12. The first-order chi connectivity index (χ1) is 9.74. The van der Waals surface area contributed by atoms with Crippen LogP contribution in [0.5, 0.6) is 0 Å². The van der Waals surface area contributed by atoms with E-state index in [0.717, 1.165) is 42.4 Å². The molecule has 1 fully saturated rings. The number of rotatable bonds is 2. The van der Waals surface area contributed by atoms with Gasteiger partial charge in [0.15, 0.2) is 0 Å². The van der Waals surface area contributed by atoms with E-state index in [1.54, 1.807) is 0 Å². The van der Waals surface area contributed by atoms with Gasteiger partial charge >= 0.3 is 0 Å². The molecule has 1 heterocycles. The maximum atomic E-state index is 12.4. The fourth-order valence-corrected chi connectivity index (χ4v) is 2.95. The van der Waals surface area contributed by atoms with Crippen LogP contribution in [-0.4, -0.2) is 30.9 Å². The topological polar surface area (TPSA) is 32.3 Å². The molecule has 2 aromatic rings. The molecule has 1 aliphatic heterocycles. The highest BCUT2D eigenvalue weighted by atomic mass is 16.1. The molecule has 1 aliphatic rings. The van der Waals surface area contributed by atoms with Crippen LogP contribution < -0.4 is 5.32 Å². The highest BCUT2D eigenvalue weighted by Gasteiger charge is 2.24. The van der Waals surface area contributed by atoms with Crippen molar-refractivity contribution in [3.05, 3.63) is 42.5 Å². The van der Waals surface area contributed by atoms with Gasteiger partial charge in [-0.15, -0.1) is 0 Å². The summed E-state index contributed by atoms with van der Waals surface area (Å²) in [6.07, 6.45) is 2.09. The zero-order chi connectivity index (χ0) is 13.9. The molecule has 0 aliphatic carbocycles. The SMILES string of the molecule is CN1CCCC(C(=O)Nc2cccc3ccccc23)C1. The van der Waals surface area contributed by atoms with Gasteiger partial charge in [-0.1, -0.05) is 36.4 Å². The minimum Gasteiger partial charge on any atom is -0.325 e. The van der Waals surface area contributed by atoms with Crippen LogP contribution >= 0.6 is 0 Å². The van der Waals surface area contributed by atoms with E-state index in [-0.39, 0.29) is 11.8 Å². The second kappa shape index (κ2) is 5.63. The second-order valence-corrected chi connectivity index (χ2v) is 5.62. The van der Waals surface area contributed by atoms with Gasteiger partial charge in [-0.25, -0.2) is 0 Å². The van der Waals surface area contributed by atoms with Crippen molar-refractivity contribution >= 4 is 22.4 Å². The van der Waals surface area contributed by atoms with E-state index in [9.17, 15) is 4.79 Å². The van der Waals surface area contributed by atoms with Gasteiger partial charge in [0.05, 0.1) is 5.92 Å². The van der Waals surface area contributed by atoms with Crippen LogP contribution in [0, 0.1) is 5.92 Å². The number of nitrogens with one attached hydrogen (secondary N) is 1. The number of piperidine rings is 1. The Kier molecular flexibility index (Phi) is 3.70. The van der Waals surface area contributed by atoms with Crippen LogP contribution in [0.15, 0.2) is 42.5 Å². The molecule has 0 aromatic heterocycles. The lowest BCUT2D eigenvalue weighted by Crippen LogP contribution is -2.38. The van der Waals surface area contributed by atoms with E-state index >= 15 is 0 Å². The Morgan fingerprint density at radius 1 is 1.20 bits per heavy atom. The molecule has 0 radical (unpaired) electrons. The molecule has 0 saturated carbocycles. The molecule has 3 rings (SSSR count). The molecule has 1 amide bonds. The number of fused-ring (bicyclic) bond motifs is 1. The summed E-state index contributed by atoms with van der Waals surface area (Å²) in [5, 5.41) is 5.37. The Hall–Kier alpha value is -1.87. The first-order valence-electron chi connectivity index (χ1n) is 7.21. The van der Waals surface area contributed by atoms with Crippen LogP contribution in [0.4, 0.5) is 5.69 Å². The molecule has 1 N–H and O–H groups in total. The highest BCUT2D eigenvalue weighted by Crippen LogP contribution is 2.24. The van der Waals surface area contributed by atoms with Crippen LogP contribution in [0.1, 0.15) is 12.8 Å². The van der Waals surface area contributed by atoms with Gasteiger partial charge in [0.1, 0.15) is 0 Å². The fourth-order valence-electron chi connectivity index (χ4n) is 2.95. The molecule has 104 valence electrons. The summed E-state index contributed by atoms with van der Waals surface area (Å²) in [4.78, 5) is 14.7. The summed E-state index contributed by atoms with van der Waals surface area (Å²) in [6, 6.07) is 14.2. The molecule has 1 atom stereocenters. The Morgan fingerprint density at radius 3 is 2.85 bits per heavy atom. The largest absolute Gasteiger partial charge is 0.325 e. The standard InChI is InChI=1S/C17H20N2O/c1-19-11-5-8-14(12-19)17(20)18-16-10-4-7-13-6-2-3-9-15(13)16/h2-4,6-7,9-10,14H,5,8,11-12H2,1H3,(H,18,20). The Bertz CT molecular complexity index is 618. The number of carbonyl (C=O) groups is 1. The maximum Gasteiger partial charge on any atom is 0.228 e. The third kappa shape index (κ3) is 2.68. The van der Waals surface area contributed by atoms with Gasteiger partial charge in [-0.2, -0.15) is 0 Å². The summed E-state index contributed by atoms with van der Waals surface area (Å²) >= 11 is 0. The number of hydrogen-bond donors (Lipinski definition) is 1. The average Bonchev–Trinajstić information content (AvgIpc) is 2.47. The van der Waals surface area contributed by atoms with Crippen molar-refractivity contribution in [3.63, 3.8) is 0 Å². The van der Waals surface area contributed by atoms with Gasteiger partial charge in [-0.05, 0) is 37.9 Å². The van der Waals surface area contributed by atoms with E-state index in [4.69, 9.17) is 0 Å².